The van der Waals surface area contributed by atoms with Gasteiger partial charge >= 0.3 is 0 Å². The molecule has 4 nitrogen and oxygen atoms in total. The van der Waals surface area contributed by atoms with E-state index in [4.69, 9.17) is 0 Å². The molecule has 1 saturated heterocycles. The van der Waals surface area contributed by atoms with Crippen LogP contribution in [0.3, 0.4) is 0 Å². The van der Waals surface area contributed by atoms with Crippen LogP contribution in [-0.2, 0) is 4.79 Å². The first-order valence-electron chi connectivity index (χ1n) is 7.72. The zero-order valence-electron chi connectivity index (χ0n) is 13.5. The Bertz CT molecular complexity index is 446. The van der Waals surface area contributed by atoms with Crippen LogP contribution in [0.15, 0.2) is 17.5 Å². The highest BCUT2D eigenvalue weighted by Crippen LogP contribution is 2.25. The number of nitrogens with zero attached hydrogens (tertiary/aromatic N) is 2. The van der Waals surface area contributed by atoms with Crippen molar-refractivity contribution in [2.75, 3.05) is 33.2 Å². The number of nitrogens with one attached hydrogen (secondary N) is 1. The third-order valence-corrected chi connectivity index (χ3v) is 5.10. The van der Waals surface area contributed by atoms with Crippen LogP contribution >= 0.6 is 11.3 Å². The molecule has 21 heavy (non-hydrogen) atoms. The van der Waals surface area contributed by atoms with E-state index in [1.807, 2.05) is 6.07 Å². The molecule has 2 rings (SSSR count). The molecule has 0 radical (unpaired) electrons. The molecule has 1 N–H and O–H groups in total. The average molecular weight is 309 g/mol. The van der Waals surface area contributed by atoms with Crippen LogP contribution in [0.4, 0.5) is 0 Å². The Kier molecular flexibility index (Phi) is 5.79. The van der Waals surface area contributed by atoms with E-state index in [1.165, 1.54) is 4.88 Å². The third kappa shape index (κ3) is 4.53. The fraction of sp³-hybridized carbons (Fsp3) is 0.688. The molecule has 0 aliphatic carbocycles. The van der Waals surface area contributed by atoms with Gasteiger partial charge in [-0.05, 0) is 31.3 Å². The highest BCUT2D eigenvalue weighted by Gasteiger charge is 2.25. The molecule has 1 fully saturated rings. The predicted octanol–water partition coefficient (Wildman–Crippen LogP) is 2.20. The Morgan fingerprint density at radius 3 is 2.81 bits per heavy atom. The number of thiophene rings is 1. The number of likely N-dealkylation sites (N-methyl/N-ethyl adjacent to an activating group) is 1. The van der Waals surface area contributed by atoms with Crippen molar-refractivity contribution in [3.8, 4) is 0 Å². The van der Waals surface area contributed by atoms with Gasteiger partial charge in [-0.3, -0.25) is 9.69 Å². The van der Waals surface area contributed by atoms with Crippen LogP contribution in [0, 0.1) is 5.92 Å². The van der Waals surface area contributed by atoms with Crippen molar-refractivity contribution in [3.05, 3.63) is 22.4 Å². The number of piperazine rings is 1. The van der Waals surface area contributed by atoms with E-state index in [1.54, 1.807) is 11.3 Å². The highest BCUT2D eigenvalue weighted by atomic mass is 32.1. The molecule has 1 amide bonds. The van der Waals surface area contributed by atoms with Gasteiger partial charge in [0.25, 0.3) is 0 Å². The summed E-state index contributed by atoms with van der Waals surface area (Å²) in [6, 6.07) is 4.71. The lowest BCUT2D eigenvalue weighted by Gasteiger charge is -2.38. The molecule has 5 heteroatoms. The van der Waals surface area contributed by atoms with Gasteiger partial charge in [-0.25, -0.2) is 0 Å². The molecule has 2 atom stereocenters. The second-order valence-corrected chi connectivity index (χ2v) is 7.37. The summed E-state index contributed by atoms with van der Waals surface area (Å²) in [5.41, 5.74) is 0. The van der Waals surface area contributed by atoms with Gasteiger partial charge in [0.2, 0.25) is 5.91 Å². The molecule has 2 heterocycles. The molecule has 0 saturated carbocycles. The van der Waals surface area contributed by atoms with Crippen molar-refractivity contribution in [1.29, 1.82) is 0 Å². The van der Waals surface area contributed by atoms with E-state index in [2.05, 4.69) is 54.4 Å². The van der Waals surface area contributed by atoms with E-state index >= 15 is 0 Å². The molecule has 118 valence electrons. The number of hydrogen-bond acceptors (Lipinski definition) is 4. The summed E-state index contributed by atoms with van der Waals surface area (Å²) in [5, 5.41) is 5.28. The third-order valence-electron chi connectivity index (χ3n) is 4.15. The monoisotopic (exact) mass is 309 g/mol. The van der Waals surface area contributed by atoms with Crippen LogP contribution in [-0.4, -0.2) is 55.0 Å². The largest absolute Gasteiger partial charge is 0.347 e. The van der Waals surface area contributed by atoms with Crippen molar-refractivity contribution in [2.45, 2.75) is 32.9 Å². The topological polar surface area (TPSA) is 35.6 Å². The van der Waals surface area contributed by atoms with Crippen molar-refractivity contribution in [1.82, 2.24) is 15.1 Å². The highest BCUT2D eigenvalue weighted by molar-refractivity contribution is 7.10. The summed E-state index contributed by atoms with van der Waals surface area (Å²) >= 11 is 1.71. The quantitative estimate of drug-likeness (QED) is 0.906. The Hall–Kier alpha value is -0.910. The number of hydrogen-bond donors (Lipinski definition) is 1. The standard InChI is InChI=1S/C16H27N3OS/c1-12(2)16(14-6-5-9-21-14)17-15(20)11-19-8-7-18(4)10-13(19)3/h5-6,9,12-13,16H,7-8,10-11H2,1-4H3,(H,17,20)/t13-,16+/m0/s1. The van der Waals surface area contributed by atoms with Crippen LogP contribution < -0.4 is 5.32 Å². The molecule has 1 aromatic rings. The van der Waals surface area contributed by atoms with Gasteiger partial charge < -0.3 is 10.2 Å². The van der Waals surface area contributed by atoms with Crippen LogP contribution in [0.1, 0.15) is 31.7 Å². The van der Waals surface area contributed by atoms with Gasteiger partial charge in [0.1, 0.15) is 0 Å². The summed E-state index contributed by atoms with van der Waals surface area (Å²) in [5.74, 6) is 0.538. The summed E-state index contributed by atoms with van der Waals surface area (Å²) in [4.78, 5) is 18.2. The van der Waals surface area contributed by atoms with Gasteiger partial charge in [0, 0.05) is 30.6 Å². The fourth-order valence-corrected chi connectivity index (χ4v) is 3.80. The first-order chi connectivity index (χ1) is 9.97. The lowest BCUT2D eigenvalue weighted by atomic mass is 10.0. The molecule has 0 unspecified atom stereocenters. The summed E-state index contributed by atoms with van der Waals surface area (Å²) < 4.78 is 0. The van der Waals surface area contributed by atoms with Crippen LogP contribution in [0.5, 0.6) is 0 Å². The molecule has 1 aromatic heterocycles. The van der Waals surface area contributed by atoms with Crippen molar-refractivity contribution >= 4 is 17.2 Å². The predicted molar refractivity (Wildman–Crippen MR) is 88.6 cm³/mol. The zero-order valence-corrected chi connectivity index (χ0v) is 14.3. The Morgan fingerprint density at radius 1 is 1.48 bits per heavy atom. The second kappa shape index (κ2) is 7.38. The number of rotatable bonds is 5. The maximum absolute atomic E-state index is 12.4. The molecular formula is C16H27N3OS. The molecule has 0 bridgehead atoms. The normalized spacial score (nSPS) is 22.4. The minimum Gasteiger partial charge on any atom is -0.347 e. The van der Waals surface area contributed by atoms with Crippen LogP contribution in [0.2, 0.25) is 0 Å². The fourth-order valence-electron chi connectivity index (χ4n) is 2.85. The summed E-state index contributed by atoms with van der Waals surface area (Å²) in [7, 11) is 2.14. The summed E-state index contributed by atoms with van der Waals surface area (Å²) in [6.45, 7) is 10.1. The lowest BCUT2D eigenvalue weighted by Crippen LogP contribution is -2.53. The van der Waals surface area contributed by atoms with Gasteiger partial charge in [-0.1, -0.05) is 19.9 Å². The second-order valence-electron chi connectivity index (χ2n) is 6.39. The van der Waals surface area contributed by atoms with E-state index in [0.717, 1.165) is 19.6 Å². The van der Waals surface area contributed by atoms with Gasteiger partial charge in [0.15, 0.2) is 0 Å². The molecule has 0 aromatic carbocycles. The van der Waals surface area contributed by atoms with Gasteiger partial charge in [-0.2, -0.15) is 0 Å². The van der Waals surface area contributed by atoms with Gasteiger partial charge in [-0.15, -0.1) is 11.3 Å². The smallest absolute Gasteiger partial charge is 0.234 e. The van der Waals surface area contributed by atoms with E-state index < -0.39 is 0 Å². The first-order valence-corrected chi connectivity index (χ1v) is 8.60. The van der Waals surface area contributed by atoms with Crippen molar-refractivity contribution in [2.24, 2.45) is 5.92 Å². The Labute approximate surface area is 132 Å². The van der Waals surface area contributed by atoms with Crippen molar-refractivity contribution < 1.29 is 4.79 Å². The minimum absolute atomic E-state index is 0.125. The molecule has 1 aliphatic rings. The lowest BCUT2D eigenvalue weighted by molar-refractivity contribution is -0.124. The zero-order chi connectivity index (χ0) is 15.4. The van der Waals surface area contributed by atoms with E-state index in [9.17, 15) is 4.79 Å². The van der Waals surface area contributed by atoms with E-state index in [-0.39, 0.29) is 11.9 Å². The number of amides is 1. The average Bonchev–Trinajstić information content (AvgIpc) is 2.92. The molecule has 1 aliphatic heterocycles. The van der Waals surface area contributed by atoms with E-state index in [0.29, 0.717) is 18.5 Å². The van der Waals surface area contributed by atoms with Crippen LogP contribution in [0.25, 0.3) is 0 Å². The Balaban J connectivity index is 1.91. The SMILES string of the molecule is CC(C)[C@@H](NC(=O)CN1CCN(C)C[C@@H]1C)c1cccs1. The minimum atomic E-state index is 0.125. The Morgan fingerprint density at radius 2 is 2.24 bits per heavy atom. The number of carbonyl (C=O) groups excluding carboxylic acids is 1. The first kappa shape index (κ1) is 16.5. The molecule has 0 spiro atoms. The maximum atomic E-state index is 12.4. The maximum Gasteiger partial charge on any atom is 0.234 e. The number of carbonyl (C=O) groups is 1. The van der Waals surface area contributed by atoms with Gasteiger partial charge in [0.05, 0.1) is 12.6 Å². The summed E-state index contributed by atoms with van der Waals surface area (Å²) in [6.07, 6.45) is 0. The molecular weight excluding hydrogens is 282 g/mol. The van der Waals surface area contributed by atoms with Crippen molar-refractivity contribution in [3.63, 3.8) is 0 Å².